The molecule has 3 rings (SSSR count). The number of para-hydroxylation sites is 1. The fourth-order valence-electron chi connectivity index (χ4n) is 3.45. The molecule has 0 atom stereocenters. The first kappa shape index (κ1) is 17.4. The van der Waals surface area contributed by atoms with Gasteiger partial charge in [0.05, 0.1) is 11.3 Å². The molecule has 5 nitrogen and oxygen atoms in total. The lowest BCUT2D eigenvalue weighted by Crippen LogP contribution is -2.39. The average Bonchev–Trinajstić information content (AvgIpc) is 3.06. The van der Waals surface area contributed by atoms with Gasteiger partial charge in [-0.3, -0.25) is 19.3 Å². The first-order valence-corrected chi connectivity index (χ1v) is 8.66. The van der Waals surface area contributed by atoms with Gasteiger partial charge in [-0.15, -0.1) is 0 Å². The van der Waals surface area contributed by atoms with Crippen LogP contribution in [0.3, 0.4) is 0 Å². The van der Waals surface area contributed by atoms with Gasteiger partial charge in [0.2, 0.25) is 5.91 Å². The van der Waals surface area contributed by atoms with Crippen LogP contribution in [0.4, 0.5) is 5.69 Å². The number of imide groups is 1. The molecule has 2 aliphatic rings. The summed E-state index contributed by atoms with van der Waals surface area (Å²) in [6.45, 7) is 9.90. The number of fused-ring (bicyclic) bond motifs is 1. The maximum absolute atomic E-state index is 12.9. The highest BCUT2D eigenvalue weighted by atomic mass is 16.2. The zero-order valence-corrected chi connectivity index (χ0v) is 15.4. The number of hydrogen-bond acceptors (Lipinski definition) is 3. The lowest BCUT2D eigenvalue weighted by atomic mass is 9.93. The van der Waals surface area contributed by atoms with E-state index in [1.54, 1.807) is 4.90 Å². The summed E-state index contributed by atoms with van der Waals surface area (Å²) >= 11 is 0. The summed E-state index contributed by atoms with van der Waals surface area (Å²) in [5.41, 5.74) is 2.36. The molecular formula is C20H24N2O3. The monoisotopic (exact) mass is 340 g/mol. The van der Waals surface area contributed by atoms with Gasteiger partial charge in [0.25, 0.3) is 11.8 Å². The van der Waals surface area contributed by atoms with Crippen LogP contribution in [-0.4, -0.2) is 35.2 Å². The Morgan fingerprint density at radius 1 is 1.16 bits per heavy atom. The van der Waals surface area contributed by atoms with Crippen LogP contribution >= 0.6 is 0 Å². The van der Waals surface area contributed by atoms with Crippen LogP contribution < -0.4 is 4.90 Å². The minimum absolute atomic E-state index is 0.0248. The predicted octanol–water partition coefficient (Wildman–Crippen LogP) is 2.78. The Labute approximate surface area is 148 Å². The van der Waals surface area contributed by atoms with Crippen LogP contribution in [0.5, 0.6) is 0 Å². The lowest BCUT2D eigenvalue weighted by molar-refractivity contribution is -0.138. The van der Waals surface area contributed by atoms with Crippen molar-refractivity contribution in [2.45, 2.75) is 47.1 Å². The normalized spacial score (nSPS) is 17.4. The lowest BCUT2D eigenvalue weighted by Gasteiger charge is -2.28. The SMILES string of the molecule is CC(C)N1C(=O)C=C(c2cccc3c2N(C(=O)C(C)(C)C)CC3)C1=O. The highest BCUT2D eigenvalue weighted by molar-refractivity contribution is 6.34. The molecule has 0 fully saturated rings. The van der Waals surface area contributed by atoms with E-state index < -0.39 is 5.41 Å². The minimum atomic E-state index is -0.511. The Hall–Kier alpha value is -2.43. The molecule has 5 heteroatoms. The Morgan fingerprint density at radius 3 is 2.40 bits per heavy atom. The van der Waals surface area contributed by atoms with Crippen LogP contribution in [0.25, 0.3) is 5.57 Å². The number of benzene rings is 1. The second-order valence-corrected chi connectivity index (χ2v) is 7.94. The summed E-state index contributed by atoms with van der Waals surface area (Å²) in [6.07, 6.45) is 2.16. The molecule has 0 bridgehead atoms. The van der Waals surface area contributed by atoms with E-state index in [0.29, 0.717) is 17.7 Å². The number of carbonyl (C=O) groups is 3. The third kappa shape index (κ3) is 2.77. The molecule has 0 aliphatic carbocycles. The summed E-state index contributed by atoms with van der Waals surface area (Å²) in [6, 6.07) is 5.50. The molecule has 1 aromatic rings. The number of rotatable bonds is 2. The highest BCUT2D eigenvalue weighted by Crippen LogP contribution is 2.39. The van der Waals surface area contributed by atoms with Gasteiger partial charge in [-0.1, -0.05) is 39.0 Å². The average molecular weight is 340 g/mol. The topological polar surface area (TPSA) is 57.7 Å². The summed E-state index contributed by atoms with van der Waals surface area (Å²) in [5, 5.41) is 0. The summed E-state index contributed by atoms with van der Waals surface area (Å²) in [5.74, 6) is -0.556. The molecule has 0 radical (unpaired) electrons. The largest absolute Gasteiger partial charge is 0.311 e. The highest BCUT2D eigenvalue weighted by Gasteiger charge is 2.39. The Kier molecular flexibility index (Phi) is 4.06. The number of amides is 3. The van der Waals surface area contributed by atoms with Gasteiger partial charge in [-0.2, -0.15) is 0 Å². The zero-order chi connectivity index (χ0) is 18.5. The summed E-state index contributed by atoms with van der Waals surface area (Å²) in [4.78, 5) is 40.9. The molecule has 0 aromatic heterocycles. The Bertz CT molecular complexity index is 800. The second-order valence-electron chi connectivity index (χ2n) is 7.94. The molecule has 0 unspecified atom stereocenters. The molecule has 0 spiro atoms. The van der Waals surface area contributed by atoms with Gasteiger partial charge in [-0.05, 0) is 25.8 Å². The maximum Gasteiger partial charge on any atom is 0.261 e. The van der Waals surface area contributed by atoms with Crippen molar-refractivity contribution < 1.29 is 14.4 Å². The minimum Gasteiger partial charge on any atom is -0.311 e. The predicted molar refractivity (Wildman–Crippen MR) is 96.9 cm³/mol. The second kappa shape index (κ2) is 5.83. The first-order valence-electron chi connectivity index (χ1n) is 8.66. The number of anilines is 1. The van der Waals surface area contributed by atoms with Gasteiger partial charge < -0.3 is 4.90 Å². The van der Waals surface area contributed by atoms with Crippen molar-refractivity contribution >= 4 is 29.0 Å². The van der Waals surface area contributed by atoms with E-state index in [1.165, 1.54) is 11.0 Å². The van der Waals surface area contributed by atoms with Crippen molar-refractivity contribution in [2.75, 3.05) is 11.4 Å². The molecule has 132 valence electrons. The standard InChI is InChI=1S/C20H24N2O3/c1-12(2)22-16(23)11-15(18(22)24)14-8-6-7-13-9-10-21(17(13)14)19(25)20(3,4)5/h6-8,11-12H,9-10H2,1-5H3. The van der Waals surface area contributed by atoms with Gasteiger partial charge in [0, 0.05) is 29.6 Å². The fourth-order valence-corrected chi connectivity index (χ4v) is 3.45. The van der Waals surface area contributed by atoms with E-state index in [0.717, 1.165) is 17.7 Å². The van der Waals surface area contributed by atoms with Gasteiger partial charge in [0.1, 0.15) is 0 Å². The summed E-state index contributed by atoms with van der Waals surface area (Å²) in [7, 11) is 0. The van der Waals surface area contributed by atoms with Gasteiger partial charge >= 0.3 is 0 Å². The molecule has 25 heavy (non-hydrogen) atoms. The van der Waals surface area contributed by atoms with Crippen LogP contribution in [-0.2, 0) is 20.8 Å². The van der Waals surface area contributed by atoms with Crippen molar-refractivity contribution in [1.82, 2.24) is 4.90 Å². The molecular weight excluding hydrogens is 316 g/mol. The van der Waals surface area contributed by atoms with E-state index in [9.17, 15) is 14.4 Å². The van der Waals surface area contributed by atoms with E-state index in [4.69, 9.17) is 0 Å². The maximum atomic E-state index is 12.9. The van der Waals surface area contributed by atoms with Crippen LogP contribution in [0.2, 0.25) is 0 Å². The molecule has 0 saturated carbocycles. The quantitative estimate of drug-likeness (QED) is 0.778. The van der Waals surface area contributed by atoms with Crippen LogP contribution in [0.15, 0.2) is 24.3 Å². The zero-order valence-electron chi connectivity index (χ0n) is 15.4. The van der Waals surface area contributed by atoms with Crippen molar-refractivity contribution in [3.05, 3.63) is 35.4 Å². The number of carbonyl (C=O) groups excluding carboxylic acids is 3. The first-order chi connectivity index (χ1) is 11.6. The van der Waals surface area contributed by atoms with Crippen LogP contribution in [0.1, 0.15) is 45.7 Å². The Morgan fingerprint density at radius 2 is 1.84 bits per heavy atom. The van der Waals surface area contributed by atoms with Gasteiger partial charge in [0.15, 0.2) is 0 Å². The third-order valence-electron chi connectivity index (χ3n) is 4.64. The van der Waals surface area contributed by atoms with E-state index in [2.05, 4.69) is 0 Å². The third-order valence-corrected chi connectivity index (χ3v) is 4.64. The molecule has 3 amide bonds. The molecule has 1 aromatic carbocycles. The molecule has 2 heterocycles. The van der Waals surface area contributed by atoms with E-state index >= 15 is 0 Å². The number of nitrogens with zero attached hydrogens (tertiary/aromatic N) is 2. The fraction of sp³-hybridized carbons (Fsp3) is 0.450. The van der Waals surface area contributed by atoms with Crippen molar-refractivity contribution in [3.8, 4) is 0 Å². The molecule has 0 N–H and O–H groups in total. The van der Waals surface area contributed by atoms with E-state index in [1.807, 2.05) is 52.8 Å². The summed E-state index contributed by atoms with van der Waals surface area (Å²) < 4.78 is 0. The molecule has 0 saturated heterocycles. The van der Waals surface area contributed by atoms with Gasteiger partial charge in [-0.25, -0.2) is 0 Å². The molecule has 2 aliphatic heterocycles. The Balaban J connectivity index is 2.09. The van der Waals surface area contributed by atoms with Crippen molar-refractivity contribution in [3.63, 3.8) is 0 Å². The van der Waals surface area contributed by atoms with Crippen molar-refractivity contribution in [1.29, 1.82) is 0 Å². The van der Waals surface area contributed by atoms with E-state index in [-0.39, 0.29) is 23.8 Å². The van der Waals surface area contributed by atoms with Crippen LogP contribution in [0, 0.1) is 5.41 Å². The smallest absolute Gasteiger partial charge is 0.261 e. The van der Waals surface area contributed by atoms with Crippen molar-refractivity contribution in [2.24, 2.45) is 5.41 Å². The number of hydrogen-bond donors (Lipinski definition) is 0.